The zero-order chi connectivity index (χ0) is 23.0. The lowest BCUT2D eigenvalue weighted by Gasteiger charge is -2.37. The van der Waals surface area contributed by atoms with Crippen molar-refractivity contribution in [1.82, 2.24) is 19.8 Å². The number of anilines is 1. The zero-order valence-corrected chi connectivity index (χ0v) is 19.6. The van der Waals surface area contributed by atoms with E-state index >= 15 is 0 Å². The Bertz CT molecular complexity index is 997. The minimum atomic E-state index is -0.515. The fraction of sp³-hybridized carbons (Fsp3) is 0.625. The monoisotopic (exact) mass is 441 g/mol. The number of nitrogens with two attached hydrogens (primary N) is 1. The molecule has 2 amide bonds. The predicted molar refractivity (Wildman–Crippen MR) is 125 cm³/mol. The highest BCUT2D eigenvalue weighted by Crippen LogP contribution is 2.37. The molecule has 0 unspecified atom stereocenters. The van der Waals surface area contributed by atoms with Gasteiger partial charge in [-0.15, -0.1) is 0 Å². The van der Waals surface area contributed by atoms with E-state index in [9.17, 15) is 9.59 Å². The Balaban J connectivity index is 1.43. The number of hydrogen-bond donors (Lipinski definition) is 2. The smallest absolute Gasteiger partial charge is 0.407 e. The first-order chi connectivity index (χ1) is 15.1. The van der Waals surface area contributed by atoms with Crippen molar-refractivity contribution in [2.75, 3.05) is 12.8 Å². The molecule has 0 radical (unpaired) electrons. The molecule has 2 aliphatic carbocycles. The van der Waals surface area contributed by atoms with E-state index in [4.69, 9.17) is 10.5 Å². The van der Waals surface area contributed by atoms with Crippen LogP contribution in [0.2, 0.25) is 0 Å². The molecule has 0 saturated heterocycles. The molecule has 8 heteroatoms. The SMILES string of the molecule is CN(C(=O)c1ccc2c(c1)nc(N)n2C1CC(NC(=O)OC(C)(C)C)C1)C1CCCCC1. The van der Waals surface area contributed by atoms with Crippen LogP contribution in [-0.4, -0.2) is 51.2 Å². The fourth-order valence-corrected chi connectivity index (χ4v) is 4.86. The van der Waals surface area contributed by atoms with Gasteiger partial charge in [0.05, 0.1) is 11.0 Å². The van der Waals surface area contributed by atoms with Crippen LogP contribution in [0.1, 0.15) is 82.1 Å². The molecule has 174 valence electrons. The molecule has 32 heavy (non-hydrogen) atoms. The summed E-state index contributed by atoms with van der Waals surface area (Å²) in [6.45, 7) is 5.54. The van der Waals surface area contributed by atoms with Crippen molar-refractivity contribution >= 4 is 29.0 Å². The van der Waals surface area contributed by atoms with Gasteiger partial charge in [0.1, 0.15) is 5.60 Å². The number of nitrogens with one attached hydrogen (secondary N) is 1. The lowest BCUT2D eigenvalue weighted by molar-refractivity contribution is 0.0458. The first-order valence-electron chi connectivity index (χ1n) is 11.7. The van der Waals surface area contributed by atoms with Crippen molar-refractivity contribution in [1.29, 1.82) is 0 Å². The summed E-state index contributed by atoms with van der Waals surface area (Å²) in [4.78, 5) is 31.4. The van der Waals surface area contributed by atoms with Crippen molar-refractivity contribution in [2.24, 2.45) is 0 Å². The average Bonchev–Trinajstić information content (AvgIpc) is 3.03. The molecule has 1 aromatic heterocycles. The molecule has 4 rings (SSSR count). The van der Waals surface area contributed by atoms with Gasteiger partial charge in [0.2, 0.25) is 5.95 Å². The molecular weight excluding hydrogens is 406 g/mol. The molecular formula is C24H35N5O3. The predicted octanol–water partition coefficient (Wildman–Crippen LogP) is 4.25. The maximum Gasteiger partial charge on any atom is 0.407 e. The third-order valence-electron chi connectivity index (χ3n) is 6.61. The summed E-state index contributed by atoms with van der Waals surface area (Å²) in [5, 5.41) is 2.91. The molecule has 0 bridgehead atoms. The highest BCUT2D eigenvalue weighted by atomic mass is 16.6. The van der Waals surface area contributed by atoms with Crippen LogP contribution < -0.4 is 11.1 Å². The van der Waals surface area contributed by atoms with Gasteiger partial charge in [0.15, 0.2) is 0 Å². The van der Waals surface area contributed by atoms with Crippen LogP contribution in [0.15, 0.2) is 18.2 Å². The quantitative estimate of drug-likeness (QED) is 0.738. The first-order valence-corrected chi connectivity index (χ1v) is 11.7. The minimum absolute atomic E-state index is 0.0391. The Morgan fingerprint density at radius 2 is 1.88 bits per heavy atom. The first kappa shape index (κ1) is 22.4. The Morgan fingerprint density at radius 1 is 1.19 bits per heavy atom. The van der Waals surface area contributed by atoms with E-state index in [0.29, 0.717) is 17.6 Å². The Labute approximate surface area is 189 Å². The van der Waals surface area contributed by atoms with Gasteiger partial charge in [-0.3, -0.25) is 4.79 Å². The highest BCUT2D eigenvalue weighted by Gasteiger charge is 2.35. The molecule has 0 spiro atoms. The largest absolute Gasteiger partial charge is 0.444 e. The minimum Gasteiger partial charge on any atom is -0.444 e. The maximum atomic E-state index is 13.0. The van der Waals surface area contributed by atoms with Crippen LogP contribution >= 0.6 is 0 Å². The number of rotatable bonds is 4. The van der Waals surface area contributed by atoms with Crippen LogP contribution in [-0.2, 0) is 4.74 Å². The van der Waals surface area contributed by atoms with Crippen molar-refractivity contribution in [3.05, 3.63) is 23.8 Å². The van der Waals surface area contributed by atoms with Crippen LogP contribution in [0.4, 0.5) is 10.7 Å². The van der Waals surface area contributed by atoms with Crippen molar-refractivity contribution in [2.45, 2.75) is 89.4 Å². The number of amides is 2. The van der Waals surface area contributed by atoms with Gasteiger partial charge < -0.3 is 25.3 Å². The summed E-state index contributed by atoms with van der Waals surface area (Å²) >= 11 is 0. The third-order valence-corrected chi connectivity index (χ3v) is 6.61. The molecule has 2 saturated carbocycles. The number of benzene rings is 1. The number of nitrogens with zero attached hydrogens (tertiary/aromatic N) is 3. The summed E-state index contributed by atoms with van der Waals surface area (Å²) in [5.74, 6) is 0.475. The van der Waals surface area contributed by atoms with Crippen LogP contribution in [0.3, 0.4) is 0 Å². The summed E-state index contributed by atoms with van der Waals surface area (Å²) in [5.41, 5.74) is 8.02. The van der Waals surface area contributed by atoms with E-state index in [1.807, 2.05) is 55.5 Å². The molecule has 1 aromatic carbocycles. The number of hydrogen-bond acceptors (Lipinski definition) is 5. The molecule has 3 N–H and O–H groups in total. The molecule has 0 aliphatic heterocycles. The Hall–Kier alpha value is -2.77. The van der Waals surface area contributed by atoms with E-state index in [2.05, 4.69) is 10.3 Å². The van der Waals surface area contributed by atoms with E-state index in [1.54, 1.807) is 0 Å². The number of carbonyl (C=O) groups is 2. The number of aromatic nitrogens is 2. The second-order valence-electron chi connectivity index (χ2n) is 10.2. The number of alkyl carbamates (subject to hydrolysis) is 1. The normalized spacial score (nSPS) is 21.8. The summed E-state index contributed by atoms with van der Waals surface area (Å²) in [6.07, 6.45) is 6.92. The summed E-state index contributed by atoms with van der Waals surface area (Å²) in [6, 6.07) is 6.19. The second-order valence-corrected chi connectivity index (χ2v) is 10.2. The number of nitrogen functional groups attached to an aromatic ring is 1. The summed E-state index contributed by atoms with van der Waals surface area (Å²) < 4.78 is 7.35. The number of carbonyl (C=O) groups excluding carboxylic acids is 2. The topological polar surface area (TPSA) is 102 Å². The van der Waals surface area contributed by atoms with Crippen LogP contribution in [0, 0.1) is 0 Å². The van der Waals surface area contributed by atoms with Gasteiger partial charge in [-0.1, -0.05) is 19.3 Å². The van der Waals surface area contributed by atoms with Crippen LogP contribution in [0.5, 0.6) is 0 Å². The molecule has 0 atom stereocenters. The Morgan fingerprint density at radius 3 is 2.53 bits per heavy atom. The van der Waals surface area contributed by atoms with Gasteiger partial charge in [0.25, 0.3) is 5.91 Å². The van der Waals surface area contributed by atoms with Crippen LogP contribution in [0.25, 0.3) is 11.0 Å². The van der Waals surface area contributed by atoms with Crippen molar-refractivity contribution < 1.29 is 14.3 Å². The van der Waals surface area contributed by atoms with E-state index in [0.717, 1.165) is 36.7 Å². The van der Waals surface area contributed by atoms with Gasteiger partial charge in [-0.05, 0) is 64.7 Å². The average molecular weight is 442 g/mol. The highest BCUT2D eigenvalue weighted by molar-refractivity contribution is 5.97. The second kappa shape index (κ2) is 8.64. The standard InChI is InChI=1S/C24H35N5O3/c1-24(2,3)32-23(31)26-16-13-18(14-16)29-20-11-10-15(12-19(20)27-22(29)25)21(30)28(4)17-8-6-5-7-9-17/h10-12,16-18H,5-9,13-14H2,1-4H3,(H2,25,27)(H,26,31). The third kappa shape index (κ3) is 4.69. The van der Waals surface area contributed by atoms with Crippen molar-refractivity contribution in [3.8, 4) is 0 Å². The summed E-state index contributed by atoms with van der Waals surface area (Å²) in [7, 11) is 1.90. The fourth-order valence-electron chi connectivity index (χ4n) is 4.86. The van der Waals surface area contributed by atoms with Gasteiger partial charge in [-0.2, -0.15) is 0 Å². The molecule has 2 aromatic rings. The molecule has 2 aliphatic rings. The lowest BCUT2D eigenvalue weighted by Crippen LogP contribution is -2.46. The lowest BCUT2D eigenvalue weighted by atomic mass is 9.86. The number of imidazole rings is 1. The molecule has 2 fully saturated rings. The van der Waals surface area contributed by atoms with Gasteiger partial charge in [0, 0.05) is 30.7 Å². The molecule has 8 nitrogen and oxygen atoms in total. The van der Waals surface area contributed by atoms with E-state index in [-0.39, 0.29) is 18.0 Å². The van der Waals surface area contributed by atoms with Gasteiger partial charge in [-0.25, -0.2) is 9.78 Å². The van der Waals surface area contributed by atoms with Gasteiger partial charge >= 0.3 is 6.09 Å². The maximum absolute atomic E-state index is 13.0. The zero-order valence-electron chi connectivity index (χ0n) is 19.6. The molecule has 1 heterocycles. The number of fused-ring (bicyclic) bond motifs is 1. The Kier molecular flexibility index (Phi) is 6.05. The van der Waals surface area contributed by atoms with E-state index < -0.39 is 11.7 Å². The number of ether oxygens (including phenoxy) is 1. The van der Waals surface area contributed by atoms with E-state index in [1.165, 1.54) is 19.3 Å². The van der Waals surface area contributed by atoms with Crippen molar-refractivity contribution in [3.63, 3.8) is 0 Å².